The third kappa shape index (κ3) is 1.64. The first-order chi connectivity index (χ1) is 4.74. The van der Waals surface area contributed by atoms with Crippen molar-refractivity contribution < 1.29 is 5.11 Å². The van der Waals surface area contributed by atoms with Crippen LogP contribution in [-0.4, -0.2) is 5.11 Å². The second kappa shape index (κ2) is 3.26. The van der Waals surface area contributed by atoms with Crippen molar-refractivity contribution in [2.45, 2.75) is 6.42 Å². The van der Waals surface area contributed by atoms with Crippen LogP contribution in [0.3, 0.4) is 0 Å². The summed E-state index contributed by atoms with van der Waals surface area (Å²) in [4.78, 5) is 0. The zero-order valence-corrected chi connectivity index (χ0v) is 7.48. The van der Waals surface area contributed by atoms with Crippen molar-refractivity contribution in [2.24, 2.45) is 0 Å². The molecular weight excluding hydrogens is 215 g/mol. The molecule has 0 aromatic heterocycles. The summed E-state index contributed by atoms with van der Waals surface area (Å²) in [7, 11) is 0. The fraction of sp³-hybridized carbons (Fsp3) is 0.143. The molecule has 0 unspecified atom stereocenters. The molecule has 10 heavy (non-hydrogen) atoms. The summed E-state index contributed by atoms with van der Waals surface area (Å²) >= 11 is 9.02. The Bertz CT molecular complexity index is 228. The van der Waals surface area contributed by atoms with E-state index < -0.39 is 0 Å². The van der Waals surface area contributed by atoms with Gasteiger partial charge in [-0.1, -0.05) is 33.6 Å². The quantitative estimate of drug-likeness (QED) is 0.623. The summed E-state index contributed by atoms with van der Waals surface area (Å²) < 4.78 is 1.03. The maximum absolute atomic E-state index is 8.63. The van der Waals surface area contributed by atoms with Crippen molar-refractivity contribution in [3.63, 3.8) is 0 Å². The lowest BCUT2D eigenvalue weighted by atomic mass is 10.1. The first-order valence-electron chi connectivity index (χ1n) is 2.80. The smallest absolute Gasteiger partial charge is 0.0879 e. The topological polar surface area (TPSA) is 20.2 Å². The molecule has 0 amide bonds. The first-order valence-corrected chi connectivity index (χ1v) is 3.97. The van der Waals surface area contributed by atoms with Crippen molar-refractivity contribution in [3.8, 4) is 0 Å². The zero-order chi connectivity index (χ0) is 7.56. The van der Waals surface area contributed by atoms with Crippen LogP contribution in [0.5, 0.6) is 0 Å². The molecule has 1 aliphatic carbocycles. The second-order valence-electron chi connectivity index (χ2n) is 1.93. The van der Waals surface area contributed by atoms with Gasteiger partial charge in [-0.3, -0.25) is 0 Å². The first kappa shape index (κ1) is 7.89. The Morgan fingerprint density at radius 3 is 2.90 bits per heavy atom. The SMILES string of the molecule is O/C=C1\C=C(Br)CC=C1Cl. The minimum absolute atomic E-state index is 0.603. The average Bonchev–Trinajstić information content (AvgIpc) is 1.94. The van der Waals surface area contributed by atoms with Gasteiger partial charge >= 0.3 is 0 Å². The van der Waals surface area contributed by atoms with Gasteiger partial charge < -0.3 is 5.11 Å². The Morgan fingerprint density at radius 2 is 2.40 bits per heavy atom. The van der Waals surface area contributed by atoms with Crippen LogP contribution in [-0.2, 0) is 0 Å². The number of aliphatic hydroxyl groups excluding tert-OH is 1. The van der Waals surface area contributed by atoms with Gasteiger partial charge in [-0.2, -0.15) is 0 Å². The van der Waals surface area contributed by atoms with Gasteiger partial charge in [-0.25, -0.2) is 0 Å². The van der Waals surface area contributed by atoms with Crippen molar-refractivity contribution in [1.82, 2.24) is 0 Å². The Kier molecular flexibility index (Phi) is 2.57. The molecule has 0 aliphatic heterocycles. The highest BCUT2D eigenvalue weighted by atomic mass is 79.9. The van der Waals surface area contributed by atoms with Gasteiger partial charge in [0.15, 0.2) is 0 Å². The maximum atomic E-state index is 8.63. The van der Waals surface area contributed by atoms with E-state index in [1.807, 2.05) is 6.08 Å². The fourth-order valence-electron chi connectivity index (χ4n) is 0.700. The van der Waals surface area contributed by atoms with E-state index in [1.165, 1.54) is 0 Å². The van der Waals surface area contributed by atoms with E-state index in [0.29, 0.717) is 10.6 Å². The van der Waals surface area contributed by atoms with E-state index in [1.54, 1.807) is 6.08 Å². The Hall–Kier alpha value is -0.210. The molecule has 1 rings (SSSR count). The van der Waals surface area contributed by atoms with Gasteiger partial charge in [0.25, 0.3) is 0 Å². The lowest BCUT2D eigenvalue weighted by Gasteiger charge is -2.05. The molecule has 0 fully saturated rings. The molecule has 0 heterocycles. The average molecular weight is 221 g/mol. The maximum Gasteiger partial charge on any atom is 0.0879 e. The normalized spacial score (nSPS) is 22.4. The Balaban J connectivity index is 2.90. The van der Waals surface area contributed by atoms with E-state index in [0.717, 1.165) is 17.2 Å². The highest BCUT2D eigenvalue weighted by molar-refractivity contribution is 9.11. The van der Waals surface area contributed by atoms with Crippen LogP contribution in [0, 0.1) is 0 Å². The molecule has 0 bridgehead atoms. The summed E-state index contributed by atoms with van der Waals surface area (Å²) in [5.74, 6) is 0. The van der Waals surface area contributed by atoms with Gasteiger partial charge in [0.05, 0.1) is 6.26 Å². The van der Waals surface area contributed by atoms with Crippen LogP contribution in [0.4, 0.5) is 0 Å². The molecular formula is C7H6BrClO. The van der Waals surface area contributed by atoms with Crippen LogP contribution in [0.2, 0.25) is 0 Å². The van der Waals surface area contributed by atoms with Crippen molar-refractivity contribution >= 4 is 27.5 Å². The molecule has 1 nitrogen and oxygen atoms in total. The minimum Gasteiger partial charge on any atom is -0.515 e. The second-order valence-corrected chi connectivity index (χ2v) is 3.36. The molecule has 54 valence electrons. The summed E-state index contributed by atoms with van der Waals surface area (Å²) in [5, 5.41) is 9.23. The molecule has 3 heteroatoms. The van der Waals surface area contributed by atoms with Gasteiger partial charge in [0, 0.05) is 10.6 Å². The van der Waals surface area contributed by atoms with Gasteiger partial charge in [0.1, 0.15) is 0 Å². The number of allylic oxidation sites excluding steroid dienone is 5. The molecule has 1 N–H and O–H groups in total. The molecule has 0 saturated heterocycles. The van der Waals surface area contributed by atoms with Crippen LogP contribution >= 0.6 is 27.5 Å². The van der Waals surface area contributed by atoms with Crippen molar-refractivity contribution in [2.75, 3.05) is 0 Å². The fourth-order valence-corrected chi connectivity index (χ4v) is 1.29. The number of rotatable bonds is 0. The largest absolute Gasteiger partial charge is 0.515 e. The molecule has 0 aromatic carbocycles. The Labute approximate surface area is 72.8 Å². The number of aliphatic hydroxyl groups is 1. The molecule has 1 aliphatic rings. The predicted octanol–water partition coefficient (Wildman–Crippen LogP) is 3.23. The molecule has 0 atom stereocenters. The molecule has 0 saturated carbocycles. The molecule has 0 spiro atoms. The molecule has 0 aromatic rings. The summed E-state index contributed by atoms with van der Waals surface area (Å²) in [6.45, 7) is 0. The summed E-state index contributed by atoms with van der Waals surface area (Å²) in [6, 6.07) is 0. The third-order valence-electron chi connectivity index (χ3n) is 1.20. The summed E-state index contributed by atoms with van der Waals surface area (Å²) in [6.07, 6.45) is 5.44. The van der Waals surface area contributed by atoms with E-state index in [2.05, 4.69) is 15.9 Å². The highest BCUT2D eigenvalue weighted by Crippen LogP contribution is 2.27. The highest BCUT2D eigenvalue weighted by Gasteiger charge is 2.05. The van der Waals surface area contributed by atoms with Crippen LogP contribution in [0.25, 0.3) is 0 Å². The van der Waals surface area contributed by atoms with Crippen molar-refractivity contribution in [1.29, 1.82) is 0 Å². The summed E-state index contributed by atoms with van der Waals surface area (Å²) in [5.41, 5.74) is 0.653. The number of halogens is 2. The van der Waals surface area contributed by atoms with Crippen molar-refractivity contribution in [3.05, 3.63) is 33.5 Å². The van der Waals surface area contributed by atoms with Crippen LogP contribution in [0.1, 0.15) is 6.42 Å². The van der Waals surface area contributed by atoms with E-state index in [-0.39, 0.29) is 0 Å². The monoisotopic (exact) mass is 220 g/mol. The Morgan fingerprint density at radius 1 is 1.70 bits per heavy atom. The lowest BCUT2D eigenvalue weighted by molar-refractivity contribution is 0.470. The zero-order valence-electron chi connectivity index (χ0n) is 5.14. The van der Waals surface area contributed by atoms with Gasteiger partial charge in [0.2, 0.25) is 0 Å². The third-order valence-corrected chi connectivity index (χ3v) is 2.13. The molecule has 0 radical (unpaired) electrons. The van der Waals surface area contributed by atoms with Gasteiger partial charge in [-0.05, 0) is 17.0 Å². The van der Waals surface area contributed by atoms with Gasteiger partial charge in [-0.15, -0.1) is 0 Å². The minimum atomic E-state index is 0.603. The van der Waals surface area contributed by atoms with E-state index in [9.17, 15) is 0 Å². The standard InChI is InChI=1S/C7H6BrClO/c8-6-1-2-7(9)5(3-6)4-10/h2-4,10H,1H2/b5-4+. The van der Waals surface area contributed by atoms with E-state index in [4.69, 9.17) is 16.7 Å². The van der Waals surface area contributed by atoms with Crippen LogP contribution in [0.15, 0.2) is 33.5 Å². The lowest BCUT2D eigenvalue weighted by Crippen LogP contribution is -1.86. The number of hydrogen-bond donors (Lipinski definition) is 1. The number of hydrogen-bond acceptors (Lipinski definition) is 1. The van der Waals surface area contributed by atoms with Crippen LogP contribution < -0.4 is 0 Å². The van der Waals surface area contributed by atoms with E-state index >= 15 is 0 Å². The predicted molar refractivity (Wildman–Crippen MR) is 46.3 cm³/mol.